The molecule has 2 amide bonds. The van der Waals surface area contributed by atoms with Crippen molar-refractivity contribution in [2.24, 2.45) is 5.92 Å². The number of carboxylic acid groups (broad SMARTS) is 1. The van der Waals surface area contributed by atoms with Gasteiger partial charge >= 0.3 is 11.7 Å². The smallest absolute Gasteiger partial charge is 0.326 e. The van der Waals surface area contributed by atoms with Gasteiger partial charge in [-0.25, -0.2) is 4.79 Å². The number of halogens is 1. The van der Waals surface area contributed by atoms with Gasteiger partial charge in [-0.05, 0) is 24.0 Å². The Bertz CT molecular complexity index is 737. The van der Waals surface area contributed by atoms with Gasteiger partial charge in [0, 0.05) is 19.4 Å². The van der Waals surface area contributed by atoms with Crippen molar-refractivity contribution >= 4 is 23.5 Å². The van der Waals surface area contributed by atoms with Crippen LogP contribution in [0.1, 0.15) is 32.8 Å². The fourth-order valence-corrected chi connectivity index (χ4v) is 2.48. The Balaban J connectivity index is 2.97. The minimum Gasteiger partial charge on any atom is -0.480 e. The van der Waals surface area contributed by atoms with Crippen molar-refractivity contribution in [3.63, 3.8) is 0 Å². The molecule has 0 spiro atoms. The number of rotatable bonds is 9. The molecule has 3 N–H and O–H groups in total. The zero-order chi connectivity index (χ0) is 20.7. The molecule has 27 heavy (non-hydrogen) atoms. The molecule has 0 heterocycles. The maximum atomic E-state index is 13.4. The molecular weight excluding hydrogens is 361 g/mol. The molecule has 2 atom stereocenters. The van der Waals surface area contributed by atoms with Crippen molar-refractivity contribution < 1.29 is 28.8 Å². The van der Waals surface area contributed by atoms with Gasteiger partial charge in [0.1, 0.15) is 12.1 Å². The first-order valence-electron chi connectivity index (χ1n) is 8.24. The van der Waals surface area contributed by atoms with Gasteiger partial charge in [-0.2, -0.15) is 4.39 Å². The average Bonchev–Trinajstić information content (AvgIpc) is 2.53. The molecule has 1 aromatic carbocycles. The van der Waals surface area contributed by atoms with E-state index in [2.05, 4.69) is 10.6 Å². The van der Waals surface area contributed by atoms with E-state index in [0.717, 1.165) is 12.1 Å². The van der Waals surface area contributed by atoms with Crippen LogP contribution in [0.25, 0.3) is 0 Å². The van der Waals surface area contributed by atoms with E-state index in [0.29, 0.717) is 6.42 Å². The zero-order valence-corrected chi connectivity index (χ0v) is 15.2. The number of carbonyl (C=O) groups is 3. The van der Waals surface area contributed by atoms with Crippen molar-refractivity contribution in [1.29, 1.82) is 0 Å². The molecule has 0 aliphatic rings. The Hall–Kier alpha value is -3.04. The number of benzene rings is 1. The summed E-state index contributed by atoms with van der Waals surface area (Å²) < 4.78 is 13.4. The lowest BCUT2D eigenvalue weighted by molar-refractivity contribution is -0.387. The van der Waals surface area contributed by atoms with Gasteiger partial charge in [0.25, 0.3) is 0 Å². The quantitative estimate of drug-likeness (QED) is 0.435. The monoisotopic (exact) mass is 383 g/mol. The highest BCUT2D eigenvalue weighted by Crippen LogP contribution is 2.19. The van der Waals surface area contributed by atoms with Crippen LogP contribution in [0.15, 0.2) is 18.2 Å². The molecule has 1 rings (SSSR count). The maximum Gasteiger partial charge on any atom is 0.326 e. The number of nitrogens with zero attached hydrogens (tertiary/aromatic N) is 1. The lowest BCUT2D eigenvalue weighted by atomic mass is 10.0. The SMILES string of the molecule is CC(=O)N[C@@H](CC(C)C)C(=O)N[C@@H](Cc1ccc(F)c([N+](=O)[O-])c1)C(=O)O. The van der Waals surface area contributed by atoms with E-state index in [-0.39, 0.29) is 17.9 Å². The topological polar surface area (TPSA) is 139 Å². The van der Waals surface area contributed by atoms with E-state index in [4.69, 9.17) is 0 Å². The molecule has 9 nitrogen and oxygen atoms in total. The second-order valence-corrected chi connectivity index (χ2v) is 6.53. The summed E-state index contributed by atoms with van der Waals surface area (Å²) in [6.07, 6.45) is 0.0242. The van der Waals surface area contributed by atoms with E-state index < -0.39 is 46.3 Å². The molecule has 0 unspecified atom stereocenters. The van der Waals surface area contributed by atoms with Gasteiger partial charge in [0.2, 0.25) is 17.6 Å². The number of nitro groups is 1. The Morgan fingerprint density at radius 2 is 1.85 bits per heavy atom. The molecule has 0 saturated carbocycles. The van der Waals surface area contributed by atoms with Crippen molar-refractivity contribution in [2.75, 3.05) is 0 Å². The van der Waals surface area contributed by atoms with Gasteiger partial charge < -0.3 is 15.7 Å². The van der Waals surface area contributed by atoms with Crippen LogP contribution in [0.5, 0.6) is 0 Å². The first-order chi connectivity index (χ1) is 12.5. The Morgan fingerprint density at radius 3 is 2.33 bits per heavy atom. The number of carbonyl (C=O) groups excluding carboxylic acids is 2. The first kappa shape index (κ1) is 22.0. The fourth-order valence-electron chi connectivity index (χ4n) is 2.48. The van der Waals surface area contributed by atoms with Gasteiger partial charge in [0.05, 0.1) is 4.92 Å². The van der Waals surface area contributed by atoms with E-state index >= 15 is 0 Å². The lowest BCUT2D eigenvalue weighted by Crippen LogP contribution is -2.52. The minimum absolute atomic E-state index is 0.0654. The summed E-state index contributed by atoms with van der Waals surface area (Å²) in [5, 5.41) is 24.9. The summed E-state index contributed by atoms with van der Waals surface area (Å²) in [7, 11) is 0. The zero-order valence-electron chi connectivity index (χ0n) is 15.2. The molecule has 0 radical (unpaired) electrons. The molecule has 0 aliphatic heterocycles. The van der Waals surface area contributed by atoms with E-state index in [1.54, 1.807) is 0 Å². The summed E-state index contributed by atoms with van der Waals surface area (Å²) in [6, 6.07) is 0.700. The number of amides is 2. The van der Waals surface area contributed by atoms with Crippen molar-refractivity contribution in [3.8, 4) is 0 Å². The maximum absolute atomic E-state index is 13.4. The molecular formula is C17H22FN3O6. The van der Waals surface area contributed by atoms with Gasteiger partial charge in [-0.1, -0.05) is 19.9 Å². The number of hydrogen-bond donors (Lipinski definition) is 3. The lowest BCUT2D eigenvalue weighted by Gasteiger charge is -2.22. The summed E-state index contributed by atoms with van der Waals surface area (Å²) >= 11 is 0. The van der Waals surface area contributed by atoms with Crippen LogP contribution in [-0.2, 0) is 20.8 Å². The van der Waals surface area contributed by atoms with Crippen LogP contribution in [0.2, 0.25) is 0 Å². The molecule has 0 bridgehead atoms. The molecule has 0 aromatic heterocycles. The van der Waals surface area contributed by atoms with Crippen LogP contribution in [-0.4, -0.2) is 39.9 Å². The standard InChI is InChI=1S/C17H22FN3O6/c1-9(2)6-13(19-10(3)22)16(23)20-14(17(24)25)7-11-4-5-12(18)15(8-11)21(26)27/h4-5,8-9,13-14H,6-7H2,1-3H3,(H,19,22)(H,20,23)(H,24,25)/t13-,14-/m0/s1. The first-order valence-corrected chi connectivity index (χ1v) is 8.24. The van der Waals surface area contributed by atoms with Crippen molar-refractivity contribution in [3.05, 3.63) is 39.7 Å². The minimum atomic E-state index is -1.40. The molecule has 0 aliphatic carbocycles. The number of aliphatic carboxylic acids is 1. The largest absolute Gasteiger partial charge is 0.480 e. The van der Waals surface area contributed by atoms with Crippen molar-refractivity contribution in [1.82, 2.24) is 10.6 Å². The second-order valence-electron chi connectivity index (χ2n) is 6.53. The molecule has 0 fully saturated rings. The third kappa shape index (κ3) is 7.00. The van der Waals surface area contributed by atoms with Crippen LogP contribution in [0.3, 0.4) is 0 Å². The third-order valence-electron chi connectivity index (χ3n) is 3.66. The highest BCUT2D eigenvalue weighted by molar-refractivity contribution is 5.90. The van der Waals surface area contributed by atoms with Crippen LogP contribution < -0.4 is 10.6 Å². The Morgan fingerprint density at radius 1 is 1.22 bits per heavy atom. The average molecular weight is 383 g/mol. The van der Waals surface area contributed by atoms with E-state index in [1.807, 2.05) is 13.8 Å². The van der Waals surface area contributed by atoms with Crippen molar-refractivity contribution in [2.45, 2.75) is 45.7 Å². The van der Waals surface area contributed by atoms with Crippen LogP contribution in [0, 0.1) is 21.8 Å². The second kappa shape index (κ2) is 9.60. The molecule has 10 heteroatoms. The molecule has 0 saturated heterocycles. The fraction of sp³-hybridized carbons (Fsp3) is 0.471. The summed E-state index contributed by atoms with van der Waals surface area (Å²) in [5.74, 6) is -3.45. The van der Waals surface area contributed by atoms with Gasteiger partial charge in [-0.3, -0.25) is 19.7 Å². The van der Waals surface area contributed by atoms with Crippen LogP contribution in [0.4, 0.5) is 10.1 Å². The van der Waals surface area contributed by atoms with E-state index in [9.17, 15) is 34.0 Å². The summed E-state index contributed by atoms with van der Waals surface area (Å²) in [5.41, 5.74) is -0.602. The van der Waals surface area contributed by atoms with Gasteiger partial charge in [-0.15, -0.1) is 0 Å². The predicted molar refractivity (Wildman–Crippen MR) is 93.4 cm³/mol. The highest BCUT2D eigenvalue weighted by atomic mass is 19.1. The molecule has 1 aromatic rings. The highest BCUT2D eigenvalue weighted by Gasteiger charge is 2.27. The summed E-state index contributed by atoms with van der Waals surface area (Å²) in [4.78, 5) is 45.0. The Labute approximate surface area is 155 Å². The van der Waals surface area contributed by atoms with Gasteiger partial charge in [0.15, 0.2) is 0 Å². The molecule has 148 valence electrons. The number of hydrogen-bond acceptors (Lipinski definition) is 5. The number of nitrogens with one attached hydrogen (secondary N) is 2. The number of nitro benzene ring substituents is 1. The normalized spacial score (nSPS) is 12.9. The predicted octanol–water partition coefficient (Wildman–Crippen LogP) is 1.40. The summed E-state index contributed by atoms with van der Waals surface area (Å²) in [6.45, 7) is 4.93. The third-order valence-corrected chi connectivity index (χ3v) is 3.66. The Kier molecular flexibility index (Phi) is 7.82. The van der Waals surface area contributed by atoms with E-state index in [1.165, 1.54) is 13.0 Å². The number of carboxylic acids is 1. The van der Waals surface area contributed by atoms with Crippen LogP contribution >= 0.6 is 0 Å².